The molecular weight excluding hydrogens is 336 g/mol. The number of rotatable bonds is 3. The third-order valence-electron chi connectivity index (χ3n) is 7.47. The van der Waals surface area contributed by atoms with E-state index in [0.29, 0.717) is 0 Å². The van der Waals surface area contributed by atoms with Gasteiger partial charge in [0, 0.05) is 30.0 Å². The normalized spacial score (nSPS) is 37.5. The predicted molar refractivity (Wildman–Crippen MR) is 105 cm³/mol. The van der Waals surface area contributed by atoms with E-state index in [1.807, 2.05) is 19.9 Å². The molecule has 2 heterocycles. The van der Waals surface area contributed by atoms with Crippen LogP contribution in [-0.2, 0) is 4.79 Å². The Labute approximate surface area is 162 Å². The Bertz CT molecular complexity index is 690. The summed E-state index contributed by atoms with van der Waals surface area (Å²) in [6.45, 7) is 5.73. The van der Waals surface area contributed by atoms with Gasteiger partial charge in [-0.25, -0.2) is 9.97 Å². The first-order chi connectivity index (χ1) is 13.0. The number of amides is 1. The summed E-state index contributed by atoms with van der Waals surface area (Å²) in [6.07, 6.45) is 9.93. The number of carbonyl (C=O) groups excluding carboxylic acids is 1. The highest BCUT2D eigenvalue weighted by atomic mass is 16.2. The highest BCUT2D eigenvalue weighted by Gasteiger charge is 2.51. The lowest BCUT2D eigenvalue weighted by atomic mass is 9.53. The van der Waals surface area contributed by atoms with Crippen molar-refractivity contribution in [1.82, 2.24) is 15.3 Å². The van der Waals surface area contributed by atoms with Crippen molar-refractivity contribution < 1.29 is 4.79 Å². The van der Waals surface area contributed by atoms with Gasteiger partial charge in [0.25, 0.3) is 0 Å². The first-order valence-electron chi connectivity index (χ1n) is 10.9. The SMILES string of the molecule is Cc1cc(C)nc(N2CCCC(C(=O)NC34CC5CC(CC(C5)C3)C4)C2)n1. The second-order valence-electron chi connectivity index (χ2n) is 9.92. The van der Waals surface area contributed by atoms with E-state index in [1.54, 1.807) is 0 Å². The lowest BCUT2D eigenvalue weighted by Gasteiger charge is -2.57. The fourth-order valence-electron chi connectivity index (χ4n) is 6.85. The maximum atomic E-state index is 13.2. The molecule has 1 atom stereocenters. The van der Waals surface area contributed by atoms with Crippen LogP contribution in [0, 0.1) is 37.5 Å². The van der Waals surface area contributed by atoms with Gasteiger partial charge < -0.3 is 10.2 Å². The summed E-state index contributed by atoms with van der Waals surface area (Å²) in [4.78, 5) is 24.7. The van der Waals surface area contributed by atoms with Crippen molar-refractivity contribution in [3.05, 3.63) is 17.5 Å². The van der Waals surface area contributed by atoms with Gasteiger partial charge in [0.1, 0.15) is 0 Å². The number of hydrogen-bond donors (Lipinski definition) is 1. The van der Waals surface area contributed by atoms with E-state index in [9.17, 15) is 4.79 Å². The number of piperidine rings is 1. The summed E-state index contributed by atoms with van der Waals surface area (Å²) in [5.74, 6) is 3.73. The van der Waals surface area contributed by atoms with Crippen molar-refractivity contribution >= 4 is 11.9 Å². The van der Waals surface area contributed by atoms with E-state index in [4.69, 9.17) is 0 Å². The molecule has 1 saturated heterocycles. The van der Waals surface area contributed by atoms with E-state index < -0.39 is 0 Å². The summed E-state index contributed by atoms with van der Waals surface area (Å²) >= 11 is 0. The van der Waals surface area contributed by atoms with Crippen LogP contribution in [0.25, 0.3) is 0 Å². The van der Waals surface area contributed by atoms with Gasteiger partial charge in [-0.1, -0.05) is 0 Å². The van der Waals surface area contributed by atoms with Crippen molar-refractivity contribution in [3.63, 3.8) is 0 Å². The van der Waals surface area contributed by atoms with Gasteiger partial charge in [0.15, 0.2) is 0 Å². The fraction of sp³-hybridized carbons (Fsp3) is 0.773. The van der Waals surface area contributed by atoms with E-state index in [2.05, 4.69) is 20.2 Å². The van der Waals surface area contributed by atoms with Crippen LogP contribution < -0.4 is 10.2 Å². The minimum absolute atomic E-state index is 0.0659. The molecule has 4 bridgehead atoms. The lowest BCUT2D eigenvalue weighted by molar-refractivity contribution is -0.131. The predicted octanol–water partition coefficient (Wildman–Crippen LogP) is 3.39. The summed E-state index contributed by atoms with van der Waals surface area (Å²) in [5.41, 5.74) is 2.11. The van der Waals surface area contributed by atoms with Crippen LogP contribution in [0.2, 0.25) is 0 Å². The molecule has 6 rings (SSSR count). The largest absolute Gasteiger partial charge is 0.350 e. The Morgan fingerprint density at radius 1 is 1.07 bits per heavy atom. The topological polar surface area (TPSA) is 58.1 Å². The Kier molecular flexibility index (Phi) is 4.17. The van der Waals surface area contributed by atoms with Crippen molar-refractivity contribution in [2.24, 2.45) is 23.7 Å². The highest BCUT2D eigenvalue weighted by Crippen LogP contribution is 2.55. The molecule has 5 aliphatic rings. The second kappa shape index (κ2) is 6.46. The zero-order valence-electron chi connectivity index (χ0n) is 16.7. The van der Waals surface area contributed by atoms with Crippen LogP contribution >= 0.6 is 0 Å². The standard InChI is InChI=1S/C22H32N4O/c1-14-6-15(2)24-21(23-14)26-5-3-4-19(13-26)20(27)25-22-10-16-7-17(11-22)9-18(8-16)12-22/h6,16-19H,3-5,7-13H2,1-2H3,(H,25,27). The van der Waals surface area contributed by atoms with E-state index >= 15 is 0 Å². The van der Waals surface area contributed by atoms with Crippen LogP contribution in [-0.4, -0.2) is 34.5 Å². The minimum atomic E-state index is 0.0659. The molecule has 0 radical (unpaired) electrons. The van der Waals surface area contributed by atoms with Crippen LogP contribution in [0.4, 0.5) is 5.95 Å². The summed E-state index contributed by atoms with van der Waals surface area (Å²) in [6, 6.07) is 2.00. The maximum Gasteiger partial charge on any atom is 0.225 e. The van der Waals surface area contributed by atoms with Gasteiger partial charge in [-0.2, -0.15) is 0 Å². The Morgan fingerprint density at radius 3 is 2.26 bits per heavy atom. The van der Waals surface area contributed by atoms with Gasteiger partial charge >= 0.3 is 0 Å². The number of nitrogens with zero attached hydrogens (tertiary/aromatic N) is 3. The van der Waals surface area contributed by atoms with Crippen LogP contribution in [0.5, 0.6) is 0 Å². The molecule has 4 saturated carbocycles. The van der Waals surface area contributed by atoms with Gasteiger partial charge in [0.2, 0.25) is 11.9 Å². The van der Waals surface area contributed by atoms with Crippen LogP contribution in [0.3, 0.4) is 0 Å². The van der Waals surface area contributed by atoms with Crippen molar-refractivity contribution in [2.45, 2.75) is 70.8 Å². The van der Waals surface area contributed by atoms with E-state index in [1.165, 1.54) is 38.5 Å². The average Bonchev–Trinajstić information content (AvgIpc) is 2.59. The monoisotopic (exact) mass is 368 g/mol. The summed E-state index contributed by atoms with van der Waals surface area (Å²) in [7, 11) is 0. The zero-order chi connectivity index (χ0) is 18.6. The molecule has 1 aliphatic heterocycles. The molecule has 1 aromatic heterocycles. The van der Waals surface area contributed by atoms with Crippen molar-refractivity contribution in [2.75, 3.05) is 18.0 Å². The number of aromatic nitrogens is 2. The van der Waals surface area contributed by atoms with Crippen molar-refractivity contribution in [3.8, 4) is 0 Å². The van der Waals surface area contributed by atoms with Crippen LogP contribution in [0.1, 0.15) is 62.8 Å². The summed E-state index contributed by atoms with van der Waals surface area (Å²) in [5, 5.41) is 3.58. The molecule has 0 aromatic carbocycles. The van der Waals surface area contributed by atoms with Crippen LogP contribution in [0.15, 0.2) is 6.07 Å². The molecule has 27 heavy (non-hydrogen) atoms. The fourth-order valence-corrected chi connectivity index (χ4v) is 6.85. The third kappa shape index (κ3) is 3.34. The smallest absolute Gasteiger partial charge is 0.225 e. The van der Waals surface area contributed by atoms with E-state index in [0.717, 1.165) is 61.0 Å². The van der Waals surface area contributed by atoms with Gasteiger partial charge in [0.05, 0.1) is 5.92 Å². The van der Waals surface area contributed by atoms with Gasteiger partial charge in [-0.15, -0.1) is 0 Å². The summed E-state index contributed by atoms with van der Waals surface area (Å²) < 4.78 is 0. The Morgan fingerprint density at radius 2 is 1.67 bits per heavy atom. The first kappa shape index (κ1) is 17.4. The number of nitrogens with one attached hydrogen (secondary N) is 1. The van der Waals surface area contributed by atoms with E-state index in [-0.39, 0.29) is 17.4 Å². The maximum absolute atomic E-state index is 13.2. The number of carbonyl (C=O) groups is 1. The molecular formula is C22H32N4O. The van der Waals surface area contributed by atoms with Gasteiger partial charge in [-0.3, -0.25) is 4.79 Å². The molecule has 1 unspecified atom stereocenters. The lowest BCUT2D eigenvalue weighted by Crippen LogP contribution is -2.61. The zero-order valence-corrected chi connectivity index (χ0v) is 16.7. The quantitative estimate of drug-likeness (QED) is 0.888. The Hall–Kier alpha value is -1.65. The second-order valence-corrected chi connectivity index (χ2v) is 9.92. The van der Waals surface area contributed by atoms with Crippen molar-refractivity contribution in [1.29, 1.82) is 0 Å². The van der Waals surface area contributed by atoms with Gasteiger partial charge in [-0.05, 0) is 89.0 Å². The average molecular weight is 369 g/mol. The molecule has 5 fully saturated rings. The molecule has 5 heteroatoms. The molecule has 4 aliphatic carbocycles. The number of aryl methyl sites for hydroxylation is 2. The number of hydrogen-bond acceptors (Lipinski definition) is 4. The molecule has 0 spiro atoms. The Balaban J connectivity index is 1.28. The minimum Gasteiger partial charge on any atom is -0.350 e. The molecule has 5 nitrogen and oxygen atoms in total. The number of anilines is 1. The molecule has 146 valence electrons. The first-order valence-corrected chi connectivity index (χ1v) is 10.9. The third-order valence-corrected chi connectivity index (χ3v) is 7.47. The molecule has 1 amide bonds. The molecule has 1 aromatic rings. The highest BCUT2D eigenvalue weighted by molar-refractivity contribution is 5.80. The molecule has 1 N–H and O–H groups in total.